The van der Waals surface area contributed by atoms with E-state index in [9.17, 15) is 19.5 Å². The molecular formula is C21H30O4. The maximum atomic E-state index is 12.9. The summed E-state index contributed by atoms with van der Waals surface area (Å²) in [6.45, 7) is 5.81. The van der Waals surface area contributed by atoms with Gasteiger partial charge in [0.2, 0.25) is 0 Å². The van der Waals surface area contributed by atoms with Crippen molar-refractivity contribution in [1.29, 1.82) is 0 Å². The van der Waals surface area contributed by atoms with Crippen LogP contribution in [0.1, 0.15) is 72.1 Å². The Morgan fingerprint density at radius 3 is 2.40 bits per heavy atom. The lowest BCUT2D eigenvalue weighted by molar-refractivity contribution is -0.173. The molecule has 0 saturated heterocycles. The Morgan fingerprint density at radius 2 is 1.72 bits per heavy atom. The van der Waals surface area contributed by atoms with E-state index < -0.39 is 11.0 Å². The molecule has 0 aliphatic heterocycles. The molecule has 4 heteroatoms. The first-order valence-corrected chi connectivity index (χ1v) is 9.91. The zero-order chi connectivity index (χ0) is 18.2. The molecule has 25 heavy (non-hydrogen) atoms. The van der Waals surface area contributed by atoms with E-state index in [2.05, 4.69) is 13.8 Å². The molecule has 4 fully saturated rings. The summed E-state index contributed by atoms with van der Waals surface area (Å²) >= 11 is 0. The number of carbonyl (C=O) groups excluding carboxylic acids is 3. The van der Waals surface area contributed by atoms with Crippen molar-refractivity contribution in [2.24, 2.45) is 34.5 Å². The van der Waals surface area contributed by atoms with Crippen molar-refractivity contribution in [2.45, 2.75) is 77.7 Å². The normalized spacial score (nSPS) is 52.3. The van der Waals surface area contributed by atoms with Crippen LogP contribution in [0.5, 0.6) is 0 Å². The Labute approximate surface area is 149 Å². The molecule has 1 unspecified atom stereocenters. The van der Waals surface area contributed by atoms with Crippen molar-refractivity contribution in [3.05, 3.63) is 0 Å². The maximum absolute atomic E-state index is 12.9. The number of carbonyl (C=O) groups is 3. The quantitative estimate of drug-likeness (QED) is 0.792. The molecule has 4 saturated carbocycles. The summed E-state index contributed by atoms with van der Waals surface area (Å²) in [7, 11) is 0. The number of Topliss-reactive ketones (excluding diaryl/α,β-unsaturated/α-hetero) is 3. The highest BCUT2D eigenvalue weighted by atomic mass is 16.3. The van der Waals surface area contributed by atoms with E-state index in [-0.39, 0.29) is 40.5 Å². The monoisotopic (exact) mass is 346 g/mol. The second-order valence-corrected chi connectivity index (χ2v) is 9.76. The summed E-state index contributed by atoms with van der Waals surface area (Å²) in [5, 5.41) is 11.1. The van der Waals surface area contributed by atoms with Gasteiger partial charge in [-0.05, 0) is 62.2 Å². The van der Waals surface area contributed by atoms with Crippen molar-refractivity contribution in [3.8, 4) is 0 Å². The first-order chi connectivity index (χ1) is 11.6. The van der Waals surface area contributed by atoms with Gasteiger partial charge in [0.05, 0.1) is 0 Å². The number of rotatable bonds is 1. The van der Waals surface area contributed by atoms with Gasteiger partial charge >= 0.3 is 0 Å². The first kappa shape index (κ1) is 17.4. The number of hydrogen-bond donors (Lipinski definition) is 1. The Balaban J connectivity index is 1.71. The standard InChI is InChI=1S/C21H30O4/c1-12(22)21(25)9-6-16-14-11-18(24)17-10-13(23)4-7-19(17,2)15(14)5-8-20(16,21)3/h14-17,25H,4-11H2,1-3H3/t14-,15+,16+,17?,19-,20+,21+/m1/s1. The average molecular weight is 346 g/mol. The van der Waals surface area contributed by atoms with Crippen LogP contribution >= 0.6 is 0 Å². The lowest BCUT2D eigenvalue weighted by Gasteiger charge is -2.60. The largest absolute Gasteiger partial charge is 0.382 e. The van der Waals surface area contributed by atoms with Crippen LogP contribution in [0.3, 0.4) is 0 Å². The van der Waals surface area contributed by atoms with E-state index in [4.69, 9.17) is 0 Å². The highest BCUT2D eigenvalue weighted by Crippen LogP contribution is 2.67. The van der Waals surface area contributed by atoms with E-state index in [0.717, 1.165) is 25.7 Å². The van der Waals surface area contributed by atoms with E-state index in [1.54, 1.807) is 0 Å². The summed E-state index contributed by atoms with van der Waals surface area (Å²) in [5.41, 5.74) is -1.72. The minimum Gasteiger partial charge on any atom is -0.382 e. The maximum Gasteiger partial charge on any atom is 0.161 e. The second kappa shape index (κ2) is 5.25. The predicted octanol–water partition coefficient (Wildman–Crippen LogP) is 3.10. The molecule has 4 rings (SSSR count). The van der Waals surface area contributed by atoms with Crippen molar-refractivity contribution >= 4 is 17.3 Å². The fraction of sp³-hybridized carbons (Fsp3) is 0.857. The molecule has 0 aromatic carbocycles. The molecule has 0 aromatic rings. The van der Waals surface area contributed by atoms with Crippen LogP contribution in [0.25, 0.3) is 0 Å². The number of hydrogen-bond acceptors (Lipinski definition) is 4. The molecule has 0 radical (unpaired) electrons. The summed E-state index contributed by atoms with van der Waals surface area (Å²) in [6, 6.07) is 0. The minimum absolute atomic E-state index is 0.0772. The number of fused-ring (bicyclic) bond motifs is 5. The van der Waals surface area contributed by atoms with Gasteiger partial charge in [-0.25, -0.2) is 0 Å². The fourth-order valence-electron chi connectivity index (χ4n) is 7.43. The highest BCUT2D eigenvalue weighted by Gasteiger charge is 2.67. The van der Waals surface area contributed by atoms with Gasteiger partial charge in [-0.15, -0.1) is 0 Å². The van der Waals surface area contributed by atoms with Gasteiger partial charge in [-0.1, -0.05) is 13.8 Å². The molecule has 4 nitrogen and oxygen atoms in total. The topological polar surface area (TPSA) is 71.4 Å². The third kappa shape index (κ3) is 2.06. The molecule has 4 aliphatic rings. The molecule has 0 heterocycles. The Hall–Kier alpha value is -1.03. The van der Waals surface area contributed by atoms with Crippen LogP contribution in [0.15, 0.2) is 0 Å². The molecule has 4 aliphatic carbocycles. The summed E-state index contributed by atoms with van der Waals surface area (Å²) in [6.07, 6.45) is 5.55. The lowest BCUT2D eigenvalue weighted by Crippen LogP contribution is -2.60. The molecular weight excluding hydrogens is 316 g/mol. The molecule has 0 spiro atoms. The third-order valence-electron chi connectivity index (χ3n) is 9.01. The van der Waals surface area contributed by atoms with E-state index in [0.29, 0.717) is 31.6 Å². The smallest absolute Gasteiger partial charge is 0.161 e. The van der Waals surface area contributed by atoms with Gasteiger partial charge in [0.1, 0.15) is 17.2 Å². The first-order valence-electron chi connectivity index (χ1n) is 9.91. The van der Waals surface area contributed by atoms with Crippen LogP contribution in [-0.4, -0.2) is 28.1 Å². The molecule has 0 aromatic heterocycles. The minimum atomic E-state index is -1.23. The number of aliphatic hydroxyl groups is 1. The summed E-state index contributed by atoms with van der Waals surface area (Å²) in [4.78, 5) is 37.1. The van der Waals surface area contributed by atoms with Crippen LogP contribution in [0.2, 0.25) is 0 Å². The van der Waals surface area contributed by atoms with Gasteiger partial charge in [0, 0.05) is 30.6 Å². The van der Waals surface area contributed by atoms with E-state index in [1.165, 1.54) is 6.92 Å². The zero-order valence-corrected chi connectivity index (χ0v) is 15.6. The fourth-order valence-corrected chi connectivity index (χ4v) is 7.43. The lowest BCUT2D eigenvalue weighted by atomic mass is 9.44. The second-order valence-electron chi connectivity index (χ2n) is 9.76. The van der Waals surface area contributed by atoms with Crippen LogP contribution in [0, 0.1) is 34.5 Å². The van der Waals surface area contributed by atoms with Gasteiger partial charge in [0.25, 0.3) is 0 Å². The summed E-state index contributed by atoms with van der Waals surface area (Å²) in [5.74, 6) is 1.20. The van der Waals surface area contributed by atoms with Gasteiger partial charge in [-0.2, -0.15) is 0 Å². The van der Waals surface area contributed by atoms with Crippen LogP contribution in [0.4, 0.5) is 0 Å². The number of ketones is 3. The third-order valence-corrected chi connectivity index (χ3v) is 9.01. The highest BCUT2D eigenvalue weighted by molar-refractivity contribution is 5.91. The zero-order valence-electron chi connectivity index (χ0n) is 15.6. The van der Waals surface area contributed by atoms with Crippen molar-refractivity contribution in [1.82, 2.24) is 0 Å². The van der Waals surface area contributed by atoms with Gasteiger partial charge < -0.3 is 5.11 Å². The predicted molar refractivity (Wildman–Crippen MR) is 92.8 cm³/mol. The van der Waals surface area contributed by atoms with E-state index >= 15 is 0 Å². The average Bonchev–Trinajstić information content (AvgIpc) is 2.83. The summed E-state index contributed by atoms with van der Waals surface area (Å²) < 4.78 is 0. The molecule has 0 amide bonds. The van der Waals surface area contributed by atoms with E-state index in [1.807, 2.05) is 0 Å². The van der Waals surface area contributed by atoms with Gasteiger partial charge in [0.15, 0.2) is 5.78 Å². The van der Waals surface area contributed by atoms with Gasteiger partial charge in [-0.3, -0.25) is 14.4 Å². The molecule has 1 N–H and O–H groups in total. The Kier molecular flexibility index (Phi) is 3.65. The van der Waals surface area contributed by atoms with Crippen molar-refractivity contribution < 1.29 is 19.5 Å². The Bertz CT molecular complexity index is 654. The van der Waals surface area contributed by atoms with Crippen molar-refractivity contribution in [3.63, 3.8) is 0 Å². The van der Waals surface area contributed by atoms with Crippen LogP contribution in [-0.2, 0) is 14.4 Å². The Morgan fingerprint density at radius 1 is 1.04 bits per heavy atom. The van der Waals surface area contributed by atoms with Crippen molar-refractivity contribution in [2.75, 3.05) is 0 Å². The SMILES string of the molecule is CC(=O)[C@@]1(O)CC[C@H]2[C@@H]3CC(=O)C4CC(=O)CC[C@]4(C)[C@H]3CC[C@@]21C. The molecule has 7 atom stereocenters. The molecule has 138 valence electrons. The van der Waals surface area contributed by atoms with Crippen LogP contribution < -0.4 is 0 Å². The molecule has 0 bridgehead atoms.